The van der Waals surface area contributed by atoms with Gasteiger partial charge in [0.1, 0.15) is 0 Å². The molecule has 1 unspecified atom stereocenters. The molecule has 4 nitrogen and oxygen atoms in total. The molecule has 0 fully saturated rings. The summed E-state index contributed by atoms with van der Waals surface area (Å²) in [6, 6.07) is 6.66. The van der Waals surface area contributed by atoms with Crippen molar-refractivity contribution in [2.45, 2.75) is 19.1 Å². The molecule has 86 valence electrons. The molecular formula is C10H11ClN2O2S. The van der Waals surface area contributed by atoms with Crippen molar-refractivity contribution < 1.29 is 8.42 Å². The van der Waals surface area contributed by atoms with Gasteiger partial charge in [-0.3, -0.25) is 4.72 Å². The molecule has 0 amide bonds. The van der Waals surface area contributed by atoms with Crippen LogP contribution >= 0.6 is 11.6 Å². The van der Waals surface area contributed by atoms with Crippen molar-refractivity contribution in [3.63, 3.8) is 0 Å². The van der Waals surface area contributed by atoms with E-state index in [1.54, 1.807) is 24.3 Å². The molecule has 16 heavy (non-hydrogen) atoms. The standard InChI is InChI=1S/C10H11ClN2O2S/c1-7-3-4-9(11)10(5-7)13-16(14,15)8(2)6-12/h3-5,8,13H,1-2H3. The number of rotatable bonds is 3. The van der Waals surface area contributed by atoms with Crippen molar-refractivity contribution in [2.24, 2.45) is 0 Å². The molecule has 1 aromatic carbocycles. The van der Waals surface area contributed by atoms with Crippen LogP contribution in [0.4, 0.5) is 5.69 Å². The van der Waals surface area contributed by atoms with E-state index >= 15 is 0 Å². The van der Waals surface area contributed by atoms with Gasteiger partial charge in [0.15, 0.2) is 5.25 Å². The predicted molar refractivity (Wildman–Crippen MR) is 63.8 cm³/mol. The third kappa shape index (κ3) is 2.87. The second-order valence-electron chi connectivity index (χ2n) is 3.40. The van der Waals surface area contributed by atoms with Crippen LogP contribution < -0.4 is 4.72 Å². The number of sulfonamides is 1. The molecule has 0 aliphatic rings. The van der Waals surface area contributed by atoms with Gasteiger partial charge in [0.2, 0.25) is 10.0 Å². The number of benzene rings is 1. The molecule has 1 rings (SSSR count). The molecule has 0 spiro atoms. The molecule has 0 saturated heterocycles. The molecule has 1 atom stereocenters. The van der Waals surface area contributed by atoms with Gasteiger partial charge in [-0.05, 0) is 31.5 Å². The number of nitrogens with zero attached hydrogens (tertiary/aromatic N) is 1. The summed E-state index contributed by atoms with van der Waals surface area (Å²) < 4.78 is 25.5. The molecule has 0 aliphatic carbocycles. The summed E-state index contributed by atoms with van der Waals surface area (Å²) in [5.74, 6) is 0. The topological polar surface area (TPSA) is 70.0 Å². The Morgan fingerprint density at radius 3 is 2.69 bits per heavy atom. The second-order valence-corrected chi connectivity index (χ2v) is 5.81. The molecule has 1 aromatic rings. The lowest BCUT2D eigenvalue weighted by atomic mass is 10.2. The largest absolute Gasteiger partial charge is 0.281 e. The van der Waals surface area contributed by atoms with Gasteiger partial charge >= 0.3 is 0 Å². The fourth-order valence-electron chi connectivity index (χ4n) is 1.03. The second kappa shape index (κ2) is 4.73. The summed E-state index contributed by atoms with van der Waals surface area (Å²) in [5.41, 5.74) is 1.18. The third-order valence-electron chi connectivity index (χ3n) is 2.02. The first-order chi connectivity index (χ1) is 7.36. The monoisotopic (exact) mass is 258 g/mol. The highest BCUT2D eigenvalue weighted by Crippen LogP contribution is 2.24. The first kappa shape index (κ1) is 12.8. The quantitative estimate of drug-likeness (QED) is 0.904. The lowest BCUT2D eigenvalue weighted by molar-refractivity contribution is 0.597. The van der Waals surface area contributed by atoms with Crippen molar-refractivity contribution in [1.29, 1.82) is 5.26 Å². The molecule has 6 heteroatoms. The summed E-state index contributed by atoms with van der Waals surface area (Å²) in [6.45, 7) is 3.13. The van der Waals surface area contributed by atoms with Crippen molar-refractivity contribution in [1.82, 2.24) is 0 Å². The fraction of sp³-hybridized carbons (Fsp3) is 0.300. The smallest absolute Gasteiger partial charge is 0.248 e. The maximum atomic E-state index is 11.6. The highest BCUT2D eigenvalue weighted by atomic mass is 35.5. The summed E-state index contributed by atoms with van der Waals surface area (Å²) >= 11 is 5.84. The minimum atomic E-state index is -3.70. The van der Waals surface area contributed by atoms with E-state index in [4.69, 9.17) is 16.9 Å². The van der Waals surface area contributed by atoms with E-state index in [-0.39, 0.29) is 0 Å². The molecule has 0 aliphatic heterocycles. The lowest BCUT2D eigenvalue weighted by Gasteiger charge is -2.11. The van der Waals surface area contributed by atoms with Crippen LogP contribution in [-0.2, 0) is 10.0 Å². The molecule has 0 radical (unpaired) electrons. The van der Waals surface area contributed by atoms with Gasteiger partial charge in [0, 0.05) is 0 Å². The Morgan fingerprint density at radius 2 is 2.12 bits per heavy atom. The number of anilines is 1. The summed E-state index contributed by atoms with van der Waals surface area (Å²) in [6.07, 6.45) is 0. The average molecular weight is 259 g/mol. The highest BCUT2D eigenvalue weighted by molar-refractivity contribution is 7.93. The number of hydrogen-bond acceptors (Lipinski definition) is 3. The number of nitrogens with one attached hydrogen (secondary N) is 1. The Hall–Kier alpha value is -1.25. The Morgan fingerprint density at radius 1 is 1.50 bits per heavy atom. The van der Waals surface area contributed by atoms with Gasteiger partial charge in [0.05, 0.1) is 16.8 Å². The molecular weight excluding hydrogens is 248 g/mol. The summed E-state index contributed by atoms with van der Waals surface area (Å²) in [4.78, 5) is 0. The van der Waals surface area contributed by atoms with Gasteiger partial charge < -0.3 is 0 Å². The van der Waals surface area contributed by atoms with Gasteiger partial charge in [-0.15, -0.1) is 0 Å². The average Bonchev–Trinajstić information content (AvgIpc) is 2.22. The van der Waals surface area contributed by atoms with Crippen molar-refractivity contribution in [2.75, 3.05) is 4.72 Å². The first-order valence-electron chi connectivity index (χ1n) is 4.54. The van der Waals surface area contributed by atoms with Gasteiger partial charge in [-0.1, -0.05) is 17.7 Å². The van der Waals surface area contributed by atoms with E-state index in [1.165, 1.54) is 6.92 Å². The van der Waals surface area contributed by atoms with Crippen LogP contribution in [0, 0.1) is 18.3 Å². The van der Waals surface area contributed by atoms with Crippen LogP contribution in [0.3, 0.4) is 0 Å². The Kier molecular flexibility index (Phi) is 3.79. The zero-order valence-corrected chi connectivity index (χ0v) is 10.4. The van der Waals surface area contributed by atoms with Crippen molar-refractivity contribution in [3.8, 4) is 6.07 Å². The third-order valence-corrected chi connectivity index (χ3v) is 3.89. The molecule has 0 aromatic heterocycles. The van der Waals surface area contributed by atoms with Crippen LogP contribution in [-0.4, -0.2) is 13.7 Å². The maximum absolute atomic E-state index is 11.6. The number of aryl methyl sites for hydroxylation is 1. The highest BCUT2D eigenvalue weighted by Gasteiger charge is 2.20. The van der Waals surface area contributed by atoms with Gasteiger partial charge in [-0.25, -0.2) is 8.42 Å². The Bertz CT molecular complexity index is 534. The molecule has 1 N–H and O–H groups in total. The van der Waals surface area contributed by atoms with E-state index in [2.05, 4.69) is 4.72 Å². The molecule has 0 heterocycles. The van der Waals surface area contributed by atoms with E-state index < -0.39 is 15.3 Å². The van der Waals surface area contributed by atoms with Crippen LogP contribution in [0.2, 0.25) is 5.02 Å². The number of hydrogen-bond donors (Lipinski definition) is 1. The Labute approximate surface area is 99.9 Å². The SMILES string of the molecule is Cc1ccc(Cl)c(NS(=O)(=O)C(C)C#N)c1. The minimum Gasteiger partial charge on any atom is -0.281 e. The van der Waals surface area contributed by atoms with E-state index in [9.17, 15) is 8.42 Å². The van der Waals surface area contributed by atoms with Crippen LogP contribution in [0.25, 0.3) is 0 Å². The van der Waals surface area contributed by atoms with Gasteiger partial charge in [-0.2, -0.15) is 5.26 Å². The van der Waals surface area contributed by atoms with Crippen LogP contribution in [0.1, 0.15) is 12.5 Å². The Balaban J connectivity index is 3.07. The normalized spacial score (nSPS) is 12.9. The molecule has 0 bridgehead atoms. The molecule has 0 saturated carbocycles. The zero-order valence-electron chi connectivity index (χ0n) is 8.86. The van der Waals surface area contributed by atoms with E-state index in [1.807, 2.05) is 6.92 Å². The summed E-state index contributed by atoms with van der Waals surface area (Å²) in [7, 11) is -3.70. The number of nitriles is 1. The maximum Gasteiger partial charge on any atom is 0.248 e. The lowest BCUT2D eigenvalue weighted by Crippen LogP contribution is -2.24. The zero-order chi connectivity index (χ0) is 12.3. The van der Waals surface area contributed by atoms with Crippen LogP contribution in [0.5, 0.6) is 0 Å². The van der Waals surface area contributed by atoms with E-state index in [0.717, 1.165) is 5.56 Å². The van der Waals surface area contributed by atoms with Crippen molar-refractivity contribution in [3.05, 3.63) is 28.8 Å². The first-order valence-corrected chi connectivity index (χ1v) is 6.46. The van der Waals surface area contributed by atoms with E-state index in [0.29, 0.717) is 10.7 Å². The van der Waals surface area contributed by atoms with Crippen molar-refractivity contribution >= 4 is 27.3 Å². The minimum absolute atomic E-state index is 0.295. The number of halogens is 1. The fourth-order valence-corrected chi connectivity index (χ4v) is 2.04. The predicted octanol–water partition coefficient (Wildman–Crippen LogP) is 2.30. The van der Waals surface area contributed by atoms with Gasteiger partial charge in [0.25, 0.3) is 0 Å². The summed E-state index contributed by atoms with van der Waals surface area (Å²) in [5, 5.41) is 7.75. The van der Waals surface area contributed by atoms with Crippen LogP contribution in [0.15, 0.2) is 18.2 Å².